The third-order valence-corrected chi connectivity index (χ3v) is 5.73. The SMILES string of the molecule is CN=C(NCc1cc(Cl)c(Cl)n1C)NCC1(C(=O)N(C)C)CCCC1. The molecule has 0 aliphatic heterocycles. The van der Waals surface area contributed by atoms with Crippen LogP contribution in [0, 0.1) is 5.41 Å². The van der Waals surface area contributed by atoms with E-state index in [4.69, 9.17) is 23.2 Å². The highest BCUT2D eigenvalue weighted by Gasteiger charge is 2.42. The van der Waals surface area contributed by atoms with Crippen LogP contribution in [0.3, 0.4) is 0 Å². The zero-order chi connectivity index (χ0) is 18.6. The van der Waals surface area contributed by atoms with E-state index in [0.717, 1.165) is 31.4 Å². The van der Waals surface area contributed by atoms with E-state index in [1.54, 1.807) is 11.9 Å². The smallest absolute Gasteiger partial charge is 0.230 e. The number of nitrogens with zero attached hydrogens (tertiary/aromatic N) is 3. The molecular formula is C17H27Cl2N5O. The summed E-state index contributed by atoms with van der Waals surface area (Å²) >= 11 is 12.1. The van der Waals surface area contributed by atoms with Gasteiger partial charge in [-0.05, 0) is 18.9 Å². The third kappa shape index (κ3) is 4.42. The van der Waals surface area contributed by atoms with Crippen molar-refractivity contribution in [2.75, 3.05) is 27.7 Å². The van der Waals surface area contributed by atoms with Gasteiger partial charge in [0.25, 0.3) is 0 Å². The molecule has 2 rings (SSSR count). The third-order valence-electron chi connectivity index (χ3n) is 4.89. The number of carbonyl (C=O) groups is 1. The molecule has 0 radical (unpaired) electrons. The first kappa shape index (κ1) is 19.9. The molecule has 1 aromatic heterocycles. The van der Waals surface area contributed by atoms with Gasteiger partial charge in [-0.25, -0.2) is 0 Å². The molecule has 1 saturated carbocycles. The van der Waals surface area contributed by atoms with E-state index in [9.17, 15) is 4.79 Å². The Morgan fingerprint density at radius 3 is 2.44 bits per heavy atom. The van der Waals surface area contributed by atoms with Gasteiger partial charge in [-0.2, -0.15) is 0 Å². The van der Waals surface area contributed by atoms with Gasteiger partial charge in [0, 0.05) is 40.4 Å². The van der Waals surface area contributed by atoms with Crippen molar-refractivity contribution in [3.05, 3.63) is 21.9 Å². The second-order valence-electron chi connectivity index (χ2n) is 6.80. The highest BCUT2D eigenvalue weighted by molar-refractivity contribution is 6.41. The molecule has 1 aliphatic carbocycles. The van der Waals surface area contributed by atoms with E-state index in [1.807, 2.05) is 31.8 Å². The van der Waals surface area contributed by atoms with Crippen molar-refractivity contribution < 1.29 is 4.79 Å². The molecule has 0 spiro atoms. The lowest BCUT2D eigenvalue weighted by atomic mass is 9.84. The number of rotatable bonds is 5. The first-order valence-electron chi connectivity index (χ1n) is 8.46. The first-order chi connectivity index (χ1) is 11.8. The topological polar surface area (TPSA) is 61.7 Å². The standard InChI is InChI=1S/C17H27Cl2N5O/c1-20-16(21-10-12-9-13(18)14(19)24(12)4)22-11-17(7-5-6-8-17)15(25)23(2)3/h9H,5-8,10-11H2,1-4H3,(H2,20,21,22). The highest BCUT2D eigenvalue weighted by Crippen LogP contribution is 2.38. The van der Waals surface area contributed by atoms with Crippen LogP contribution in [0.5, 0.6) is 0 Å². The van der Waals surface area contributed by atoms with Gasteiger partial charge in [0.2, 0.25) is 5.91 Å². The number of guanidine groups is 1. The molecule has 0 atom stereocenters. The van der Waals surface area contributed by atoms with Crippen molar-refractivity contribution in [2.24, 2.45) is 17.5 Å². The van der Waals surface area contributed by atoms with E-state index < -0.39 is 0 Å². The van der Waals surface area contributed by atoms with Crippen molar-refractivity contribution in [1.82, 2.24) is 20.1 Å². The van der Waals surface area contributed by atoms with Crippen LogP contribution in [0.1, 0.15) is 31.4 Å². The number of aliphatic imine (C=N–C) groups is 1. The Hall–Kier alpha value is -1.40. The largest absolute Gasteiger partial charge is 0.355 e. The summed E-state index contributed by atoms with van der Waals surface area (Å²) in [6.45, 7) is 1.12. The minimum Gasteiger partial charge on any atom is -0.355 e. The molecule has 0 saturated heterocycles. The van der Waals surface area contributed by atoms with E-state index in [-0.39, 0.29) is 11.3 Å². The lowest BCUT2D eigenvalue weighted by Crippen LogP contribution is -2.49. The van der Waals surface area contributed by atoms with Crippen molar-refractivity contribution >= 4 is 35.1 Å². The zero-order valence-corrected chi connectivity index (χ0v) is 16.8. The molecular weight excluding hydrogens is 361 g/mol. The van der Waals surface area contributed by atoms with Gasteiger partial charge in [0.05, 0.1) is 17.0 Å². The second kappa shape index (κ2) is 8.32. The van der Waals surface area contributed by atoms with Gasteiger partial charge < -0.3 is 20.1 Å². The van der Waals surface area contributed by atoms with Gasteiger partial charge in [-0.15, -0.1) is 0 Å². The van der Waals surface area contributed by atoms with Crippen LogP contribution in [0.25, 0.3) is 0 Å². The van der Waals surface area contributed by atoms with E-state index in [1.165, 1.54) is 0 Å². The maximum atomic E-state index is 12.6. The van der Waals surface area contributed by atoms with Gasteiger partial charge in [-0.3, -0.25) is 9.79 Å². The summed E-state index contributed by atoms with van der Waals surface area (Å²) in [4.78, 5) is 18.6. The molecule has 1 fully saturated rings. The summed E-state index contributed by atoms with van der Waals surface area (Å²) in [7, 11) is 7.22. The Bertz CT molecular complexity index is 648. The highest BCUT2D eigenvalue weighted by atomic mass is 35.5. The van der Waals surface area contributed by atoms with Crippen LogP contribution in [0.4, 0.5) is 0 Å². The fourth-order valence-corrected chi connectivity index (χ4v) is 3.81. The van der Waals surface area contributed by atoms with Gasteiger partial charge in [-0.1, -0.05) is 36.0 Å². The van der Waals surface area contributed by atoms with E-state index in [2.05, 4.69) is 15.6 Å². The second-order valence-corrected chi connectivity index (χ2v) is 7.56. The zero-order valence-electron chi connectivity index (χ0n) is 15.3. The molecule has 1 heterocycles. The number of amides is 1. The Kier molecular flexibility index (Phi) is 6.63. The number of aromatic nitrogens is 1. The fourth-order valence-electron chi connectivity index (χ4n) is 3.40. The Labute approximate surface area is 159 Å². The lowest BCUT2D eigenvalue weighted by molar-refractivity contribution is -0.138. The minimum absolute atomic E-state index is 0.189. The summed E-state index contributed by atoms with van der Waals surface area (Å²) < 4.78 is 1.83. The average Bonchev–Trinajstić information content (AvgIpc) is 3.16. The average molecular weight is 388 g/mol. The molecule has 8 heteroatoms. The summed E-state index contributed by atoms with van der Waals surface area (Å²) in [6, 6.07) is 1.83. The molecule has 25 heavy (non-hydrogen) atoms. The molecule has 140 valence electrons. The molecule has 0 aromatic carbocycles. The fraction of sp³-hybridized carbons (Fsp3) is 0.647. The number of carbonyl (C=O) groups excluding carboxylic acids is 1. The van der Waals surface area contributed by atoms with Crippen LogP contribution in [-0.2, 0) is 18.4 Å². The van der Waals surface area contributed by atoms with Gasteiger partial charge >= 0.3 is 0 Å². The minimum atomic E-state index is -0.335. The van der Waals surface area contributed by atoms with Crippen molar-refractivity contribution in [3.8, 4) is 0 Å². The van der Waals surface area contributed by atoms with Crippen molar-refractivity contribution in [1.29, 1.82) is 0 Å². The monoisotopic (exact) mass is 387 g/mol. The number of hydrogen-bond acceptors (Lipinski definition) is 2. The molecule has 1 amide bonds. The Morgan fingerprint density at radius 1 is 1.32 bits per heavy atom. The molecule has 6 nitrogen and oxygen atoms in total. The molecule has 0 unspecified atom stereocenters. The van der Waals surface area contributed by atoms with Gasteiger partial charge in [0.1, 0.15) is 5.15 Å². The Morgan fingerprint density at radius 2 is 1.96 bits per heavy atom. The maximum Gasteiger partial charge on any atom is 0.230 e. The summed E-state index contributed by atoms with van der Waals surface area (Å²) in [5.41, 5.74) is 0.622. The molecule has 0 bridgehead atoms. The Balaban J connectivity index is 1.97. The molecule has 1 aromatic rings. The van der Waals surface area contributed by atoms with Crippen molar-refractivity contribution in [2.45, 2.75) is 32.2 Å². The quantitative estimate of drug-likeness (QED) is 0.602. The van der Waals surface area contributed by atoms with Crippen LogP contribution >= 0.6 is 23.2 Å². The predicted octanol–water partition coefficient (Wildman–Crippen LogP) is 2.65. The summed E-state index contributed by atoms with van der Waals surface area (Å²) in [6.07, 6.45) is 4.01. The maximum absolute atomic E-state index is 12.6. The predicted molar refractivity (Wildman–Crippen MR) is 103 cm³/mol. The molecule has 2 N–H and O–H groups in total. The normalized spacial score (nSPS) is 16.8. The number of halogens is 2. The number of nitrogens with one attached hydrogen (secondary N) is 2. The van der Waals surface area contributed by atoms with E-state index in [0.29, 0.717) is 29.2 Å². The number of hydrogen-bond donors (Lipinski definition) is 2. The van der Waals surface area contributed by atoms with Crippen LogP contribution in [0.2, 0.25) is 10.2 Å². The summed E-state index contributed by atoms with van der Waals surface area (Å²) in [5.74, 6) is 0.847. The van der Waals surface area contributed by atoms with Crippen LogP contribution in [-0.4, -0.2) is 49.0 Å². The van der Waals surface area contributed by atoms with Crippen molar-refractivity contribution in [3.63, 3.8) is 0 Å². The first-order valence-corrected chi connectivity index (χ1v) is 9.22. The van der Waals surface area contributed by atoms with E-state index >= 15 is 0 Å². The molecule has 1 aliphatic rings. The van der Waals surface area contributed by atoms with Gasteiger partial charge in [0.15, 0.2) is 5.96 Å². The summed E-state index contributed by atoms with van der Waals surface area (Å²) in [5, 5.41) is 7.62. The van der Waals surface area contributed by atoms with Crippen LogP contribution < -0.4 is 10.6 Å². The van der Waals surface area contributed by atoms with Crippen LogP contribution in [0.15, 0.2) is 11.1 Å². The lowest BCUT2D eigenvalue weighted by Gasteiger charge is -2.31.